The Morgan fingerprint density at radius 2 is 1.69 bits per heavy atom. The molecule has 0 radical (unpaired) electrons. The maximum Gasteiger partial charge on any atom is 0.336 e. The molecule has 7 heteroatoms. The molecule has 2 N–H and O–H groups in total. The lowest BCUT2D eigenvalue weighted by Crippen LogP contribution is -2.14. The van der Waals surface area contributed by atoms with Crippen LogP contribution in [0.15, 0.2) is 54.6 Å². The predicted molar refractivity (Wildman–Crippen MR) is 106 cm³/mol. The van der Waals surface area contributed by atoms with Crippen LogP contribution in [0.3, 0.4) is 0 Å². The van der Waals surface area contributed by atoms with Gasteiger partial charge < -0.3 is 14.9 Å². The van der Waals surface area contributed by atoms with Crippen molar-refractivity contribution in [3.63, 3.8) is 0 Å². The number of carboxylic acids is 2. The molecule has 5 nitrogen and oxygen atoms in total. The fourth-order valence-corrected chi connectivity index (χ4v) is 3.31. The van der Waals surface area contributed by atoms with Gasteiger partial charge in [0.05, 0.1) is 11.1 Å². The smallest absolute Gasteiger partial charge is 0.336 e. The second kappa shape index (κ2) is 8.32. The summed E-state index contributed by atoms with van der Waals surface area (Å²) >= 11 is 6.24. The van der Waals surface area contributed by atoms with Gasteiger partial charge in [0, 0.05) is 21.7 Å². The monoisotopic (exact) mass is 414 g/mol. The minimum Gasteiger partial charge on any atom is -0.489 e. The van der Waals surface area contributed by atoms with Gasteiger partial charge in [-0.05, 0) is 48.9 Å². The Bertz CT molecular complexity index is 1090. The lowest BCUT2D eigenvalue weighted by Gasteiger charge is -2.19. The van der Waals surface area contributed by atoms with Crippen LogP contribution in [0, 0.1) is 12.7 Å². The third-order valence-electron chi connectivity index (χ3n) is 4.44. The summed E-state index contributed by atoms with van der Waals surface area (Å²) in [6.45, 7) is 1.47. The van der Waals surface area contributed by atoms with E-state index in [1.807, 2.05) is 0 Å². The molecular weight excluding hydrogens is 399 g/mol. The zero-order valence-corrected chi connectivity index (χ0v) is 16.0. The summed E-state index contributed by atoms with van der Waals surface area (Å²) in [6.07, 6.45) is 0. The molecule has 0 aromatic heterocycles. The van der Waals surface area contributed by atoms with Crippen LogP contribution in [0.1, 0.15) is 31.8 Å². The van der Waals surface area contributed by atoms with Crippen LogP contribution < -0.4 is 4.74 Å². The molecule has 148 valence electrons. The van der Waals surface area contributed by atoms with E-state index in [0.717, 1.165) is 0 Å². The summed E-state index contributed by atoms with van der Waals surface area (Å²) in [5.41, 5.74) is 0.696. The van der Waals surface area contributed by atoms with Crippen molar-refractivity contribution in [3.05, 3.63) is 87.7 Å². The molecule has 0 aliphatic rings. The minimum absolute atomic E-state index is 0.0129. The van der Waals surface area contributed by atoms with Gasteiger partial charge in [0.2, 0.25) is 0 Å². The Morgan fingerprint density at radius 3 is 2.28 bits per heavy atom. The number of rotatable bonds is 6. The van der Waals surface area contributed by atoms with Crippen molar-refractivity contribution < 1.29 is 28.9 Å². The Morgan fingerprint density at radius 1 is 1.03 bits per heavy atom. The van der Waals surface area contributed by atoms with E-state index in [-0.39, 0.29) is 28.3 Å². The minimum atomic E-state index is -1.30. The van der Waals surface area contributed by atoms with Crippen LogP contribution in [-0.4, -0.2) is 22.2 Å². The molecular formula is C22H16ClFO5. The van der Waals surface area contributed by atoms with Gasteiger partial charge in [-0.1, -0.05) is 29.8 Å². The van der Waals surface area contributed by atoms with Crippen molar-refractivity contribution in [1.29, 1.82) is 0 Å². The van der Waals surface area contributed by atoms with Gasteiger partial charge in [0.25, 0.3) is 0 Å². The summed E-state index contributed by atoms with van der Waals surface area (Å²) in [7, 11) is 0. The molecule has 0 amide bonds. The van der Waals surface area contributed by atoms with E-state index in [1.165, 1.54) is 30.3 Å². The van der Waals surface area contributed by atoms with E-state index in [9.17, 15) is 24.2 Å². The number of carbonyl (C=O) groups is 2. The van der Waals surface area contributed by atoms with Gasteiger partial charge >= 0.3 is 11.9 Å². The highest BCUT2D eigenvalue weighted by Crippen LogP contribution is 2.37. The summed E-state index contributed by atoms with van der Waals surface area (Å²) in [5.74, 6) is -2.64. The predicted octanol–water partition coefficient (Wildman–Crippen LogP) is 5.43. The van der Waals surface area contributed by atoms with Gasteiger partial charge in [-0.2, -0.15) is 0 Å². The SMILES string of the molecule is Cc1cc(C(=O)O)c(-c2ccccc2Cl)c(C(=O)O)c1COc1ccc(F)cc1. The number of carboxylic acid groups (broad SMARTS) is 2. The standard InChI is InChI=1S/C22H16ClFO5/c1-12-10-16(21(25)26)19(15-4-2-3-5-18(15)23)20(22(27)28)17(12)11-29-14-8-6-13(24)7-9-14/h2-10H,11H2,1H3,(H,25,26)(H,27,28). The third-order valence-corrected chi connectivity index (χ3v) is 4.77. The molecule has 0 heterocycles. The summed E-state index contributed by atoms with van der Waals surface area (Å²) < 4.78 is 18.7. The van der Waals surface area contributed by atoms with E-state index < -0.39 is 17.8 Å². The molecule has 0 fully saturated rings. The highest BCUT2D eigenvalue weighted by Gasteiger charge is 2.26. The van der Waals surface area contributed by atoms with Crippen molar-refractivity contribution in [2.24, 2.45) is 0 Å². The molecule has 3 rings (SSSR count). The van der Waals surface area contributed by atoms with E-state index in [2.05, 4.69) is 0 Å². The zero-order chi connectivity index (χ0) is 21.1. The first kappa shape index (κ1) is 20.4. The second-order valence-electron chi connectivity index (χ2n) is 6.30. The Labute approximate surface area is 170 Å². The van der Waals surface area contributed by atoms with Gasteiger partial charge in [-0.25, -0.2) is 14.0 Å². The van der Waals surface area contributed by atoms with Gasteiger partial charge in [0.15, 0.2) is 0 Å². The second-order valence-corrected chi connectivity index (χ2v) is 6.71. The normalized spacial score (nSPS) is 10.6. The molecule has 0 spiro atoms. The average molecular weight is 415 g/mol. The molecule has 0 aliphatic heterocycles. The fourth-order valence-electron chi connectivity index (χ4n) is 3.08. The first-order valence-electron chi connectivity index (χ1n) is 8.56. The number of ether oxygens (including phenoxy) is 1. The van der Waals surface area contributed by atoms with Crippen LogP contribution in [0.25, 0.3) is 11.1 Å². The topological polar surface area (TPSA) is 83.8 Å². The highest BCUT2D eigenvalue weighted by molar-refractivity contribution is 6.33. The largest absolute Gasteiger partial charge is 0.489 e. The first-order chi connectivity index (χ1) is 13.8. The molecule has 0 saturated heterocycles. The first-order valence-corrected chi connectivity index (χ1v) is 8.93. The Balaban J connectivity index is 2.19. The van der Waals surface area contributed by atoms with E-state index in [4.69, 9.17) is 16.3 Å². The van der Waals surface area contributed by atoms with Crippen LogP contribution in [0.4, 0.5) is 4.39 Å². The van der Waals surface area contributed by atoms with Gasteiger partial charge in [-0.3, -0.25) is 0 Å². The van der Waals surface area contributed by atoms with Crippen molar-refractivity contribution in [3.8, 4) is 16.9 Å². The van der Waals surface area contributed by atoms with E-state index in [1.54, 1.807) is 31.2 Å². The lowest BCUT2D eigenvalue weighted by atomic mass is 9.88. The maximum atomic E-state index is 13.1. The average Bonchev–Trinajstić information content (AvgIpc) is 2.68. The number of aromatic carboxylic acids is 2. The summed E-state index contributed by atoms with van der Waals surface area (Å²) in [6, 6.07) is 13.1. The number of hydrogen-bond acceptors (Lipinski definition) is 3. The molecule has 0 unspecified atom stereocenters. The third kappa shape index (κ3) is 4.22. The number of benzene rings is 3. The van der Waals surface area contributed by atoms with Crippen molar-refractivity contribution in [2.45, 2.75) is 13.5 Å². The Hall–Kier alpha value is -3.38. The zero-order valence-electron chi connectivity index (χ0n) is 15.3. The summed E-state index contributed by atoms with van der Waals surface area (Å²) in [4.78, 5) is 24.0. The lowest BCUT2D eigenvalue weighted by molar-refractivity contribution is 0.0694. The summed E-state index contributed by atoms with van der Waals surface area (Å²) in [5, 5.41) is 19.8. The molecule has 3 aromatic rings. The number of halogens is 2. The van der Waals surface area contributed by atoms with E-state index in [0.29, 0.717) is 22.4 Å². The molecule has 29 heavy (non-hydrogen) atoms. The van der Waals surface area contributed by atoms with Crippen molar-refractivity contribution in [2.75, 3.05) is 0 Å². The maximum absolute atomic E-state index is 13.1. The van der Waals surface area contributed by atoms with Crippen molar-refractivity contribution >= 4 is 23.5 Å². The Kier molecular flexibility index (Phi) is 5.84. The van der Waals surface area contributed by atoms with E-state index >= 15 is 0 Å². The molecule has 0 atom stereocenters. The quantitative estimate of drug-likeness (QED) is 0.561. The van der Waals surface area contributed by atoms with Crippen LogP contribution in [0.2, 0.25) is 5.02 Å². The number of aryl methyl sites for hydroxylation is 1. The highest BCUT2D eigenvalue weighted by atomic mass is 35.5. The van der Waals surface area contributed by atoms with Crippen LogP contribution >= 0.6 is 11.6 Å². The molecule has 3 aromatic carbocycles. The molecule has 0 saturated carbocycles. The van der Waals surface area contributed by atoms with Gasteiger partial charge in [0.1, 0.15) is 18.2 Å². The van der Waals surface area contributed by atoms with Crippen molar-refractivity contribution in [1.82, 2.24) is 0 Å². The van der Waals surface area contributed by atoms with Crippen LogP contribution in [0.5, 0.6) is 5.75 Å². The molecule has 0 aliphatic carbocycles. The van der Waals surface area contributed by atoms with Crippen LogP contribution in [-0.2, 0) is 6.61 Å². The van der Waals surface area contributed by atoms with Gasteiger partial charge in [-0.15, -0.1) is 0 Å². The fraction of sp³-hybridized carbons (Fsp3) is 0.0909. The number of hydrogen-bond donors (Lipinski definition) is 2. The molecule has 0 bridgehead atoms.